The van der Waals surface area contributed by atoms with Gasteiger partial charge in [0.15, 0.2) is 5.65 Å². The molecule has 0 aliphatic carbocycles. The van der Waals surface area contributed by atoms with Crippen LogP contribution < -0.4 is 11.1 Å². The van der Waals surface area contributed by atoms with E-state index in [9.17, 15) is 4.79 Å². The number of hydrogen-bond donors (Lipinski definition) is 2. The maximum Gasteiger partial charge on any atom is 0.257 e. The van der Waals surface area contributed by atoms with Gasteiger partial charge in [-0.2, -0.15) is 0 Å². The van der Waals surface area contributed by atoms with Crippen LogP contribution in [0.2, 0.25) is 0 Å². The van der Waals surface area contributed by atoms with Crippen LogP contribution in [0.25, 0.3) is 27.9 Å². The predicted molar refractivity (Wildman–Crippen MR) is 128 cm³/mol. The van der Waals surface area contributed by atoms with Crippen LogP contribution in [0.3, 0.4) is 0 Å². The molecule has 6 nitrogen and oxygen atoms in total. The van der Waals surface area contributed by atoms with Crippen LogP contribution in [-0.4, -0.2) is 27.0 Å². The lowest BCUT2D eigenvalue weighted by atomic mass is 10.1. The van der Waals surface area contributed by atoms with Gasteiger partial charge >= 0.3 is 0 Å². The molecule has 6 heteroatoms. The van der Waals surface area contributed by atoms with E-state index in [4.69, 9.17) is 15.7 Å². The third-order valence-corrected chi connectivity index (χ3v) is 5.56. The minimum atomic E-state index is -0.251. The molecule has 0 aliphatic rings. The standard InChI is InChI=1S/C26H23N5O/c1-17-11-13-19(14-12-17)31-24(27)22(26(32)28-16-15-18-7-3-2-4-8-18)23-25(31)30-21-10-6-5-9-20(21)29-23/h2-14H,15-16,27H2,1H3,(H,28,32). The van der Waals surface area contributed by atoms with Crippen LogP contribution in [0.4, 0.5) is 5.82 Å². The fraction of sp³-hybridized carbons (Fsp3) is 0.115. The number of aryl methyl sites for hydroxylation is 1. The van der Waals surface area contributed by atoms with E-state index in [0.29, 0.717) is 29.1 Å². The first kappa shape index (κ1) is 19.8. The number of carbonyl (C=O) groups excluding carboxylic acids is 1. The summed E-state index contributed by atoms with van der Waals surface area (Å²) in [6, 6.07) is 25.6. The number of hydrogen-bond acceptors (Lipinski definition) is 4. The summed E-state index contributed by atoms with van der Waals surface area (Å²) in [5.74, 6) is 0.0789. The molecule has 0 unspecified atom stereocenters. The molecular weight excluding hydrogens is 398 g/mol. The Balaban J connectivity index is 1.59. The second kappa shape index (κ2) is 8.15. The van der Waals surface area contributed by atoms with Gasteiger partial charge in [-0.1, -0.05) is 60.2 Å². The quantitative estimate of drug-likeness (QED) is 0.439. The highest BCUT2D eigenvalue weighted by Crippen LogP contribution is 2.31. The highest BCUT2D eigenvalue weighted by atomic mass is 16.1. The van der Waals surface area contributed by atoms with Crippen LogP contribution in [-0.2, 0) is 6.42 Å². The fourth-order valence-corrected chi connectivity index (χ4v) is 3.89. The van der Waals surface area contributed by atoms with E-state index >= 15 is 0 Å². The molecule has 2 aromatic heterocycles. The number of anilines is 1. The second-order valence-electron chi connectivity index (χ2n) is 7.81. The molecule has 0 bridgehead atoms. The van der Waals surface area contributed by atoms with Crippen molar-refractivity contribution in [3.8, 4) is 5.69 Å². The first-order valence-corrected chi connectivity index (χ1v) is 10.6. The van der Waals surface area contributed by atoms with Crippen molar-refractivity contribution in [1.82, 2.24) is 19.9 Å². The largest absolute Gasteiger partial charge is 0.384 e. The SMILES string of the molecule is Cc1ccc(-n2c(N)c(C(=O)NCCc3ccccc3)c3nc4ccccc4nc32)cc1. The molecule has 158 valence electrons. The van der Waals surface area contributed by atoms with Gasteiger partial charge in [0.1, 0.15) is 16.9 Å². The van der Waals surface area contributed by atoms with Gasteiger partial charge in [-0.05, 0) is 43.2 Å². The van der Waals surface area contributed by atoms with Crippen molar-refractivity contribution in [1.29, 1.82) is 0 Å². The molecule has 2 heterocycles. The average Bonchev–Trinajstić information content (AvgIpc) is 3.09. The molecule has 0 saturated heterocycles. The molecule has 0 atom stereocenters. The van der Waals surface area contributed by atoms with Crippen molar-refractivity contribution in [3.63, 3.8) is 0 Å². The number of nitrogens with zero attached hydrogens (tertiary/aromatic N) is 3. The number of para-hydroxylation sites is 2. The molecule has 32 heavy (non-hydrogen) atoms. The van der Waals surface area contributed by atoms with Gasteiger partial charge in [0.2, 0.25) is 0 Å². The lowest BCUT2D eigenvalue weighted by Gasteiger charge is -2.09. The maximum atomic E-state index is 13.2. The van der Waals surface area contributed by atoms with Crippen LogP contribution in [0.15, 0.2) is 78.9 Å². The van der Waals surface area contributed by atoms with E-state index < -0.39 is 0 Å². The summed E-state index contributed by atoms with van der Waals surface area (Å²) >= 11 is 0. The highest BCUT2D eigenvalue weighted by Gasteiger charge is 2.24. The minimum Gasteiger partial charge on any atom is -0.384 e. The van der Waals surface area contributed by atoms with Crippen molar-refractivity contribution in [2.75, 3.05) is 12.3 Å². The first-order valence-electron chi connectivity index (χ1n) is 10.6. The Morgan fingerprint density at radius 3 is 2.28 bits per heavy atom. The maximum absolute atomic E-state index is 13.2. The molecule has 0 spiro atoms. The number of nitrogens with one attached hydrogen (secondary N) is 1. The summed E-state index contributed by atoms with van der Waals surface area (Å²) < 4.78 is 1.81. The summed E-state index contributed by atoms with van der Waals surface area (Å²) in [6.45, 7) is 2.53. The van der Waals surface area contributed by atoms with Gasteiger partial charge in [-0.3, -0.25) is 9.36 Å². The monoisotopic (exact) mass is 421 g/mol. The molecule has 3 N–H and O–H groups in total. The number of carbonyl (C=O) groups is 1. The first-order chi connectivity index (χ1) is 15.6. The number of nitrogens with two attached hydrogens (primary N) is 1. The smallest absolute Gasteiger partial charge is 0.257 e. The van der Waals surface area contributed by atoms with Gasteiger partial charge in [-0.15, -0.1) is 0 Å². The summed E-state index contributed by atoms with van der Waals surface area (Å²) in [7, 11) is 0. The second-order valence-corrected chi connectivity index (χ2v) is 7.81. The lowest BCUT2D eigenvalue weighted by molar-refractivity contribution is 0.0956. The van der Waals surface area contributed by atoms with E-state index in [-0.39, 0.29) is 5.91 Å². The van der Waals surface area contributed by atoms with E-state index in [1.54, 1.807) is 4.57 Å². The van der Waals surface area contributed by atoms with Gasteiger partial charge < -0.3 is 11.1 Å². The van der Waals surface area contributed by atoms with E-state index in [2.05, 4.69) is 5.32 Å². The Kier molecular flexibility index (Phi) is 5.03. The number of rotatable bonds is 5. The number of benzene rings is 3. The molecule has 5 aromatic rings. The van der Waals surface area contributed by atoms with E-state index in [0.717, 1.165) is 34.3 Å². The van der Waals surface area contributed by atoms with Gasteiger partial charge in [0, 0.05) is 12.2 Å². The predicted octanol–water partition coefficient (Wildman–Crippen LogP) is 4.44. The molecule has 1 amide bonds. The van der Waals surface area contributed by atoms with Crippen molar-refractivity contribution in [2.45, 2.75) is 13.3 Å². The zero-order valence-corrected chi connectivity index (χ0v) is 17.7. The molecular formula is C26H23N5O. The Hall–Kier alpha value is -4.19. The van der Waals surface area contributed by atoms with Crippen LogP contribution in [0.1, 0.15) is 21.5 Å². The van der Waals surface area contributed by atoms with Gasteiger partial charge in [-0.25, -0.2) is 9.97 Å². The molecule has 0 saturated carbocycles. The third kappa shape index (κ3) is 3.56. The van der Waals surface area contributed by atoms with Gasteiger partial charge in [0.25, 0.3) is 5.91 Å². The normalized spacial score (nSPS) is 11.2. The Labute approximate surface area is 185 Å². The number of aromatic nitrogens is 3. The summed E-state index contributed by atoms with van der Waals surface area (Å²) in [5, 5.41) is 3.00. The van der Waals surface area contributed by atoms with E-state index in [1.165, 1.54) is 0 Å². The summed E-state index contributed by atoms with van der Waals surface area (Å²) in [6.07, 6.45) is 0.734. The topological polar surface area (TPSA) is 85.8 Å². The summed E-state index contributed by atoms with van der Waals surface area (Å²) in [5.41, 5.74) is 12.6. The molecule has 3 aromatic carbocycles. The number of fused-ring (bicyclic) bond motifs is 2. The Bertz CT molecular complexity index is 1420. The molecule has 0 aliphatic heterocycles. The van der Waals surface area contributed by atoms with Crippen molar-refractivity contribution < 1.29 is 4.79 Å². The van der Waals surface area contributed by atoms with Crippen LogP contribution in [0.5, 0.6) is 0 Å². The van der Waals surface area contributed by atoms with Gasteiger partial charge in [0.05, 0.1) is 11.0 Å². The third-order valence-electron chi connectivity index (χ3n) is 5.56. The number of amides is 1. The van der Waals surface area contributed by atoms with Crippen LogP contribution in [0, 0.1) is 6.92 Å². The lowest BCUT2D eigenvalue weighted by Crippen LogP contribution is -2.26. The minimum absolute atomic E-state index is 0.251. The average molecular weight is 422 g/mol. The van der Waals surface area contributed by atoms with Crippen molar-refractivity contribution in [2.24, 2.45) is 0 Å². The highest BCUT2D eigenvalue weighted by molar-refractivity contribution is 6.11. The van der Waals surface area contributed by atoms with Crippen molar-refractivity contribution >= 4 is 33.9 Å². The zero-order chi connectivity index (χ0) is 22.1. The Morgan fingerprint density at radius 1 is 0.906 bits per heavy atom. The molecule has 0 fully saturated rings. The van der Waals surface area contributed by atoms with Crippen molar-refractivity contribution in [3.05, 3.63) is 95.6 Å². The Morgan fingerprint density at radius 2 is 1.56 bits per heavy atom. The fourth-order valence-electron chi connectivity index (χ4n) is 3.89. The summed E-state index contributed by atoms with van der Waals surface area (Å²) in [4.78, 5) is 22.8. The molecule has 5 rings (SSSR count). The molecule has 0 radical (unpaired) electrons. The number of nitrogen functional groups attached to an aromatic ring is 1. The zero-order valence-electron chi connectivity index (χ0n) is 17.7. The van der Waals surface area contributed by atoms with E-state index in [1.807, 2.05) is 85.8 Å². The van der Waals surface area contributed by atoms with Crippen LogP contribution >= 0.6 is 0 Å².